The number of carboxylic acid groups (broad SMARTS) is 1. The zero-order valence-corrected chi connectivity index (χ0v) is 12.4. The SMILES string of the molecule is O=C(O)C1CCN(C(=O)c2ccccc2Oc2cccnc2)C1. The highest BCUT2D eigenvalue weighted by molar-refractivity contribution is 5.97. The molecule has 6 nitrogen and oxygen atoms in total. The number of benzene rings is 1. The third kappa shape index (κ3) is 3.31. The summed E-state index contributed by atoms with van der Waals surface area (Å²) < 4.78 is 5.74. The first kappa shape index (κ1) is 15.0. The maximum atomic E-state index is 12.7. The fraction of sp³-hybridized carbons (Fsp3) is 0.235. The smallest absolute Gasteiger partial charge is 0.308 e. The molecule has 118 valence electrons. The van der Waals surface area contributed by atoms with Crippen LogP contribution in [-0.2, 0) is 4.79 Å². The Kier molecular flexibility index (Phi) is 4.23. The number of ether oxygens (including phenoxy) is 1. The number of nitrogens with zero attached hydrogens (tertiary/aromatic N) is 2. The lowest BCUT2D eigenvalue weighted by Gasteiger charge is -2.18. The van der Waals surface area contributed by atoms with E-state index in [4.69, 9.17) is 9.84 Å². The number of carbonyl (C=O) groups is 2. The summed E-state index contributed by atoms with van der Waals surface area (Å²) >= 11 is 0. The first-order valence-corrected chi connectivity index (χ1v) is 7.34. The van der Waals surface area contributed by atoms with E-state index in [2.05, 4.69) is 4.98 Å². The molecule has 1 fully saturated rings. The number of aromatic nitrogens is 1. The summed E-state index contributed by atoms with van der Waals surface area (Å²) in [5.41, 5.74) is 0.419. The van der Waals surface area contributed by atoms with Gasteiger partial charge in [0, 0.05) is 19.3 Å². The van der Waals surface area contributed by atoms with Crippen molar-refractivity contribution in [3.63, 3.8) is 0 Å². The fourth-order valence-corrected chi connectivity index (χ4v) is 2.58. The van der Waals surface area contributed by atoms with Crippen molar-refractivity contribution >= 4 is 11.9 Å². The summed E-state index contributed by atoms with van der Waals surface area (Å²) in [6.45, 7) is 0.673. The minimum atomic E-state index is -0.861. The van der Waals surface area contributed by atoms with Crippen LogP contribution in [0.5, 0.6) is 11.5 Å². The molecule has 1 N–H and O–H groups in total. The topological polar surface area (TPSA) is 79.7 Å². The Morgan fingerprint density at radius 1 is 1.22 bits per heavy atom. The van der Waals surface area contributed by atoms with Crippen LogP contribution >= 0.6 is 0 Å². The number of para-hydroxylation sites is 1. The minimum Gasteiger partial charge on any atom is -0.481 e. The monoisotopic (exact) mass is 312 g/mol. The van der Waals surface area contributed by atoms with Crippen molar-refractivity contribution in [1.82, 2.24) is 9.88 Å². The highest BCUT2D eigenvalue weighted by Crippen LogP contribution is 2.27. The highest BCUT2D eigenvalue weighted by atomic mass is 16.5. The molecule has 2 heterocycles. The van der Waals surface area contributed by atoms with E-state index in [9.17, 15) is 9.59 Å². The molecule has 1 unspecified atom stereocenters. The first-order chi connectivity index (χ1) is 11.1. The molecule has 3 rings (SSSR count). The molecule has 0 radical (unpaired) electrons. The second-order valence-electron chi connectivity index (χ2n) is 5.36. The van der Waals surface area contributed by atoms with Gasteiger partial charge < -0.3 is 14.7 Å². The van der Waals surface area contributed by atoms with Gasteiger partial charge in [0.15, 0.2) is 0 Å². The Balaban J connectivity index is 1.80. The number of aliphatic carboxylic acids is 1. The molecule has 1 aromatic carbocycles. The van der Waals surface area contributed by atoms with Gasteiger partial charge in [-0.25, -0.2) is 0 Å². The number of carboxylic acids is 1. The quantitative estimate of drug-likeness (QED) is 0.938. The number of carbonyl (C=O) groups excluding carboxylic acids is 1. The molecule has 1 amide bonds. The van der Waals surface area contributed by atoms with Crippen molar-refractivity contribution in [2.45, 2.75) is 6.42 Å². The van der Waals surface area contributed by atoms with E-state index in [-0.39, 0.29) is 12.5 Å². The van der Waals surface area contributed by atoms with E-state index in [0.717, 1.165) is 0 Å². The van der Waals surface area contributed by atoms with E-state index in [1.165, 1.54) is 0 Å². The third-order valence-electron chi connectivity index (χ3n) is 3.80. The van der Waals surface area contributed by atoms with Gasteiger partial charge in [-0.05, 0) is 30.7 Å². The average molecular weight is 312 g/mol. The lowest BCUT2D eigenvalue weighted by atomic mass is 10.1. The molecular formula is C17H16N2O4. The van der Waals surface area contributed by atoms with Gasteiger partial charge in [0.05, 0.1) is 17.7 Å². The van der Waals surface area contributed by atoms with Crippen molar-refractivity contribution in [3.8, 4) is 11.5 Å². The van der Waals surface area contributed by atoms with Gasteiger partial charge in [-0.2, -0.15) is 0 Å². The van der Waals surface area contributed by atoms with Gasteiger partial charge in [-0.1, -0.05) is 12.1 Å². The number of likely N-dealkylation sites (tertiary alicyclic amines) is 1. The summed E-state index contributed by atoms with van der Waals surface area (Å²) in [4.78, 5) is 29.2. The van der Waals surface area contributed by atoms with E-state index in [0.29, 0.717) is 30.0 Å². The second kappa shape index (κ2) is 6.48. The van der Waals surface area contributed by atoms with E-state index in [1.807, 2.05) is 0 Å². The Labute approximate surface area is 133 Å². The summed E-state index contributed by atoms with van der Waals surface area (Å²) in [5.74, 6) is -0.597. The first-order valence-electron chi connectivity index (χ1n) is 7.34. The van der Waals surface area contributed by atoms with Gasteiger partial charge in [-0.3, -0.25) is 14.6 Å². The molecule has 1 aliphatic rings. The van der Waals surface area contributed by atoms with Crippen LogP contribution in [-0.4, -0.2) is 40.0 Å². The zero-order valence-electron chi connectivity index (χ0n) is 12.4. The number of rotatable bonds is 4. The lowest BCUT2D eigenvalue weighted by Crippen LogP contribution is -2.30. The lowest BCUT2D eigenvalue weighted by molar-refractivity contribution is -0.141. The molecule has 2 aromatic rings. The Morgan fingerprint density at radius 3 is 2.74 bits per heavy atom. The molecular weight excluding hydrogens is 296 g/mol. The van der Waals surface area contributed by atoms with Crippen LogP contribution in [0.1, 0.15) is 16.8 Å². The van der Waals surface area contributed by atoms with E-state index in [1.54, 1.807) is 53.7 Å². The number of pyridine rings is 1. The number of hydrogen-bond donors (Lipinski definition) is 1. The van der Waals surface area contributed by atoms with Crippen LogP contribution in [0.15, 0.2) is 48.8 Å². The molecule has 0 spiro atoms. The molecule has 6 heteroatoms. The van der Waals surface area contributed by atoms with E-state index < -0.39 is 11.9 Å². The van der Waals surface area contributed by atoms with Crippen molar-refractivity contribution in [3.05, 3.63) is 54.4 Å². The van der Waals surface area contributed by atoms with Crippen molar-refractivity contribution < 1.29 is 19.4 Å². The molecule has 0 saturated carbocycles. The molecule has 1 aliphatic heterocycles. The molecule has 23 heavy (non-hydrogen) atoms. The van der Waals surface area contributed by atoms with Gasteiger partial charge in [0.1, 0.15) is 11.5 Å². The zero-order chi connectivity index (χ0) is 16.2. The maximum absolute atomic E-state index is 12.7. The van der Waals surface area contributed by atoms with Crippen LogP contribution < -0.4 is 4.74 Å². The molecule has 1 atom stereocenters. The molecule has 0 aliphatic carbocycles. The summed E-state index contributed by atoms with van der Waals surface area (Å²) in [6.07, 6.45) is 3.68. The maximum Gasteiger partial charge on any atom is 0.308 e. The predicted octanol–water partition coefficient (Wildman–Crippen LogP) is 2.42. The predicted molar refractivity (Wildman–Crippen MR) is 82.4 cm³/mol. The highest BCUT2D eigenvalue weighted by Gasteiger charge is 2.32. The minimum absolute atomic E-state index is 0.215. The second-order valence-corrected chi connectivity index (χ2v) is 5.36. The Bertz CT molecular complexity index is 718. The van der Waals surface area contributed by atoms with Crippen molar-refractivity contribution in [2.24, 2.45) is 5.92 Å². The number of amides is 1. The van der Waals surface area contributed by atoms with Crippen LogP contribution in [0, 0.1) is 5.92 Å². The van der Waals surface area contributed by atoms with Crippen LogP contribution in [0.2, 0.25) is 0 Å². The van der Waals surface area contributed by atoms with Crippen LogP contribution in [0.4, 0.5) is 0 Å². The van der Waals surface area contributed by atoms with Crippen LogP contribution in [0.3, 0.4) is 0 Å². The van der Waals surface area contributed by atoms with Gasteiger partial charge >= 0.3 is 5.97 Å². The standard InChI is InChI=1S/C17H16N2O4/c20-16(19-9-7-12(11-19)17(21)22)14-5-1-2-6-15(14)23-13-4-3-8-18-10-13/h1-6,8,10,12H,7,9,11H2,(H,21,22). The molecule has 1 aromatic heterocycles. The van der Waals surface area contributed by atoms with Crippen molar-refractivity contribution in [2.75, 3.05) is 13.1 Å². The Morgan fingerprint density at radius 2 is 2.04 bits per heavy atom. The average Bonchev–Trinajstić information content (AvgIpc) is 3.06. The van der Waals surface area contributed by atoms with Gasteiger partial charge in [0.25, 0.3) is 5.91 Å². The molecule has 0 bridgehead atoms. The summed E-state index contributed by atoms with van der Waals surface area (Å²) in [6, 6.07) is 10.4. The molecule has 1 saturated heterocycles. The van der Waals surface area contributed by atoms with E-state index >= 15 is 0 Å². The van der Waals surface area contributed by atoms with Crippen LogP contribution in [0.25, 0.3) is 0 Å². The number of hydrogen-bond acceptors (Lipinski definition) is 4. The summed E-state index contributed by atoms with van der Waals surface area (Å²) in [7, 11) is 0. The normalized spacial score (nSPS) is 17.0. The van der Waals surface area contributed by atoms with Gasteiger partial charge in [-0.15, -0.1) is 0 Å². The summed E-state index contributed by atoms with van der Waals surface area (Å²) in [5, 5.41) is 9.06. The Hall–Kier alpha value is -2.89. The van der Waals surface area contributed by atoms with Crippen molar-refractivity contribution in [1.29, 1.82) is 0 Å². The third-order valence-corrected chi connectivity index (χ3v) is 3.80. The van der Waals surface area contributed by atoms with Gasteiger partial charge in [0.2, 0.25) is 0 Å². The fourth-order valence-electron chi connectivity index (χ4n) is 2.58. The largest absolute Gasteiger partial charge is 0.481 e.